The summed E-state index contributed by atoms with van der Waals surface area (Å²) in [6, 6.07) is 8.80. The van der Waals surface area contributed by atoms with Crippen LogP contribution >= 0.6 is 0 Å². The van der Waals surface area contributed by atoms with Crippen molar-refractivity contribution in [3.63, 3.8) is 0 Å². The smallest absolute Gasteiger partial charge is 0.334 e. The Kier molecular flexibility index (Phi) is 2.95. The van der Waals surface area contributed by atoms with E-state index in [0.29, 0.717) is 5.56 Å². The van der Waals surface area contributed by atoms with Crippen molar-refractivity contribution >= 4 is 17.8 Å². The van der Waals surface area contributed by atoms with Crippen LogP contribution in [0.1, 0.15) is 10.4 Å². The number of hydrogen-bond donors (Lipinski definition) is 1. The summed E-state index contributed by atoms with van der Waals surface area (Å²) in [5.74, 6) is -0.343. The van der Waals surface area contributed by atoms with Crippen LogP contribution in [-0.2, 0) is 9.53 Å². The van der Waals surface area contributed by atoms with E-state index in [2.05, 4.69) is 10.3 Å². The Morgan fingerprint density at radius 3 is 2.75 bits per heavy atom. The third kappa shape index (κ3) is 2.44. The molecular formula is C11H10N2O3. The highest BCUT2D eigenvalue weighted by atomic mass is 16.6. The predicted octanol–water partition coefficient (Wildman–Crippen LogP) is 0.372. The van der Waals surface area contributed by atoms with E-state index < -0.39 is 0 Å². The zero-order valence-electron chi connectivity index (χ0n) is 8.47. The first-order valence-electron chi connectivity index (χ1n) is 4.83. The van der Waals surface area contributed by atoms with Gasteiger partial charge in [0.1, 0.15) is 6.54 Å². The summed E-state index contributed by atoms with van der Waals surface area (Å²) >= 11 is 0. The van der Waals surface area contributed by atoms with E-state index in [-0.39, 0.29) is 30.9 Å². The molecular weight excluding hydrogens is 208 g/mol. The van der Waals surface area contributed by atoms with Crippen LogP contribution in [0.3, 0.4) is 0 Å². The van der Waals surface area contributed by atoms with Gasteiger partial charge >= 0.3 is 5.97 Å². The van der Waals surface area contributed by atoms with Crippen molar-refractivity contribution < 1.29 is 14.3 Å². The molecule has 1 heterocycles. The number of esters is 1. The van der Waals surface area contributed by atoms with Gasteiger partial charge in [0.05, 0.1) is 6.54 Å². The van der Waals surface area contributed by atoms with Crippen molar-refractivity contribution in [3.8, 4) is 0 Å². The minimum absolute atomic E-state index is 0.0382. The largest absolute Gasteiger partial charge is 0.409 e. The molecule has 0 saturated heterocycles. The van der Waals surface area contributed by atoms with Gasteiger partial charge in [-0.05, 0) is 12.1 Å². The molecule has 2 rings (SSSR count). The van der Waals surface area contributed by atoms with Crippen LogP contribution in [0, 0.1) is 0 Å². The first kappa shape index (κ1) is 10.4. The van der Waals surface area contributed by atoms with Crippen LogP contribution in [0.2, 0.25) is 0 Å². The van der Waals surface area contributed by atoms with Crippen molar-refractivity contribution in [2.75, 3.05) is 13.1 Å². The topological polar surface area (TPSA) is 67.8 Å². The number of ether oxygens (including phenoxy) is 1. The lowest BCUT2D eigenvalue weighted by Crippen LogP contribution is -2.29. The first-order valence-corrected chi connectivity index (χ1v) is 4.83. The molecule has 1 N–H and O–H groups in total. The Balaban J connectivity index is 1.87. The van der Waals surface area contributed by atoms with Gasteiger partial charge in [-0.2, -0.15) is 0 Å². The highest BCUT2D eigenvalue weighted by Gasteiger charge is 2.16. The van der Waals surface area contributed by atoms with Crippen molar-refractivity contribution in [1.82, 2.24) is 5.32 Å². The molecule has 0 unspecified atom stereocenters. The summed E-state index contributed by atoms with van der Waals surface area (Å²) in [5.41, 5.74) is 0.562. The quantitative estimate of drug-likeness (QED) is 0.745. The molecule has 1 amide bonds. The van der Waals surface area contributed by atoms with Crippen molar-refractivity contribution in [1.29, 1.82) is 0 Å². The predicted molar refractivity (Wildman–Crippen MR) is 57.2 cm³/mol. The Labute approximate surface area is 92.1 Å². The van der Waals surface area contributed by atoms with Gasteiger partial charge in [0, 0.05) is 5.56 Å². The Morgan fingerprint density at radius 1 is 1.38 bits per heavy atom. The summed E-state index contributed by atoms with van der Waals surface area (Å²) < 4.78 is 4.74. The number of aliphatic imine (C=N–C) groups is 1. The number of nitrogens with zero attached hydrogens (tertiary/aromatic N) is 1. The van der Waals surface area contributed by atoms with E-state index >= 15 is 0 Å². The third-order valence-electron chi connectivity index (χ3n) is 2.05. The molecule has 1 aromatic carbocycles. The van der Waals surface area contributed by atoms with Gasteiger partial charge in [-0.25, -0.2) is 9.79 Å². The normalized spacial score (nSPS) is 14.2. The maximum absolute atomic E-state index is 11.6. The Hall–Kier alpha value is -2.17. The fraction of sp³-hybridized carbons (Fsp3) is 0.182. The fourth-order valence-electron chi connectivity index (χ4n) is 1.29. The van der Waals surface area contributed by atoms with E-state index in [9.17, 15) is 9.59 Å². The summed E-state index contributed by atoms with van der Waals surface area (Å²) in [5, 5.41) is 2.61. The third-order valence-corrected chi connectivity index (χ3v) is 2.05. The first-order chi connectivity index (χ1) is 7.75. The number of benzene rings is 1. The molecule has 82 valence electrons. The number of amides is 1. The molecule has 16 heavy (non-hydrogen) atoms. The van der Waals surface area contributed by atoms with Crippen LogP contribution in [0.5, 0.6) is 0 Å². The molecule has 0 bridgehead atoms. The highest BCUT2D eigenvalue weighted by Crippen LogP contribution is 1.99. The Morgan fingerprint density at radius 2 is 2.12 bits per heavy atom. The fourth-order valence-corrected chi connectivity index (χ4v) is 1.29. The summed E-state index contributed by atoms with van der Waals surface area (Å²) in [6.07, 6.45) is 0. The highest BCUT2D eigenvalue weighted by molar-refractivity contribution is 6.00. The molecule has 5 heteroatoms. The van der Waals surface area contributed by atoms with Crippen molar-refractivity contribution in [3.05, 3.63) is 35.9 Å². The molecule has 0 radical (unpaired) electrons. The lowest BCUT2D eigenvalue weighted by Gasteiger charge is -2.03. The summed E-state index contributed by atoms with van der Waals surface area (Å²) in [4.78, 5) is 26.1. The molecule has 1 aliphatic rings. The second kappa shape index (κ2) is 4.57. The monoisotopic (exact) mass is 218 g/mol. The maximum atomic E-state index is 11.6. The number of rotatable bonds is 3. The van der Waals surface area contributed by atoms with Gasteiger partial charge in [0.2, 0.25) is 5.90 Å². The number of nitrogens with one attached hydrogen (secondary N) is 1. The Bertz CT molecular complexity index is 440. The minimum atomic E-state index is -0.385. The molecule has 0 atom stereocenters. The van der Waals surface area contributed by atoms with Gasteiger partial charge in [0.15, 0.2) is 0 Å². The number of carbonyl (C=O) groups is 2. The van der Waals surface area contributed by atoms with Gasteiger partial charge in [-0.3, -0.25) is 4.79 Å². The standard InChI is InChI=1S/C11H10N2O3/c14-10-7-12-9(16-10)6-13-11(15)8-4-2-1-3-5-8/h1-5H,6-7H2,(H,13,15). The molecule has 0 fully saturated rings. The second-order valence-corrected chi connectivity index (χ2v) is 3.23. The summed E-state index contributed by atoms with van der Waals surface area (Å²) in [6.45, 7) is 0.177. The van der Waals surface area contributed by atoms with E-state index in [4.69, 9.17) is 4.74 Å². The molecule has 0 aliphatic carbocycles. The van der Waals surface area contributed by atoms with Crippen LogP contribution in [0.25, 0.3) is 0 Å². The molecule has 1 aromatic rings. The van der Waals surface area contributed by atoms with Gasteiger partial charge in [-0.1, -0.05) is 18.2 Å². The van der Waals surface area contributed by atoms with Gasteiger partial charge in [0.25, 0.3) is 5.91 Å². The number of hydrogen-bond acceptors (Lipinski definition) is 4. The molecule has 0 saturated carbocycles. The molecule has 0 spiro atoms. The van der Waals surface area contributed by atoms with Crippen LogP contribution < -0.4 is 5.32 Å². The lowest BCUT2D eigenvalue weighted by molar-refractivity contribution is -0.132. The number of cyclic esters (lactones) is 1. The van der Waals surface area contributed by atoms with E-state index in [0.717, 1.165) is 0 Å². The van der Waals surface area contributed by atoms with E-state index in [1.807, 2.05) is 6.07 Å². The van der Waals surface area contributed by atoms with Crippen molar-refractivity contribution in [2.24, 2.45) is 4.99 Å². The zero-order valence-corrected chi connectivity index (χ0v) is 8.47. The second-order valence-electron chi connectivity index (χ2n) is 3.23. The van der Waals surface area contributed by atoms with Crippen LogP contribution in [0.15, 0.2) is 35.3 Å². The SMILES string of the molecule is O=C1CN=C(CNC(=O)c2ccccc2)O1. The zero-order chi connectivity index (χ0) is 11.4. The molecule has 5 nitrogen and oxygen atoms in total. The average Bonchev–Trinajstić information content (AvgIpc) is 2.73. The summed E-state index contributed by atoms with van der Waals surface area (Å²) in [7, 11) is 0. The average molecular weight is 218 g/mol. The maximum Gasteiger partial charge on any atom is 0.334 e. The van der Waals surface area contributed by atoms with E-state index in [1.165, 1.54) is 0 Å². The van der Waals surface area contributed by atoms with Crippen LogP contribution in [-0.4, -0.2) is 30.9 Å². The minimum Gasteiger partial charge on any atom is -0.409 e. The van der Waals surface area contributed by atoms with Gasteiger partial charge in [-0.15, -0.1) is 0 Å². The van der Waals surface area contributed by atoms with Crippen molar-refractivity contribution in [2.45, 2.75) is 0 Å². The lowest BCUT2D eigenvalue weighted by atomic mass is 10.2. The van der Waals surface area contributed by atoms with Gasteiger partial charge < -0.3 is 10.1 Å². The van der Waals surface area contributed by atoms with E-state index in [1.54, 1.807) is 24.3 Å². The number of carbonyl (C=O) groups excluding carboxylic acids is 2. The molecule has 1 aliphatic heterocycles. The van der Waals surface area contributed by atoms with Crippen LogP contribution in [0.4, 0.5) is 0 Å². The molecule has 0 aromatic heterocycles.